The highest BCUT2D eigenvalue weighted by molar-refractivity contribution is 5.83. The first-order chi connectivity index (χ1) is 15.5. The molecule has 2 fully saturated rings. The molecule has 2 aliphatic rings. The van der Waals surface area contributed by atoms with E-state index in [2.05, 4.69) is 29.3 Å². The average Bonchev–Trinajstić information content (AvgIpc) is 2.81. The van der Waals surface area contributed by atoms with E-state index in [0.29, 0.717) is 26.2 Å². The van der Waals surface area contributed by atoms with E-state index in [1.807, 2.05) is 12.1 Å². The van der Waals surface area contributed by atoms with Crippen molar-refractivity contribution in [1.29, 1.82) is 0 Å². The minimum Gasteiger partial charge on any atom is -0.381 e. The van der Waals surface area contributed by atoms with Crippen molar-refractivity contribution in [3.8, 4) is 11.1 Å². The van der Waals surface area contributed by atoms with E-state index < -0.39 is 5.41 Å². The molecule has 0 aromatic heterocycles. The molecule has 1 N–H and O–H groups in total. The number of hydrogen-bond acceptors (Lipinski definition) is 3. The number of ether oxygens (including phenoxy) is 1. The van der Waals surface area contributed by atoms with Crippen molar-refractivity contribution in [2.45, 2.75) is 39.0 Å². The first-order valence-electron chi connectivity index (χ1n) is 12.0. The molecule has 4 rings (SSSR count). The van der Waals surface area contributed by atoms with Gasteiger partial charge in [-0.3, -0.25) is 4.79 Å². The zero-order chi connectivity index (χ0) is 22.4. The number of piperidine rings is 1. The summed E-state index contributed by atoms with van der Waals surface area (Å²) in [5.74, 6) is 0.734. The molecular formula is C27H35FN2O2. The summed E-state index contributed by atoms with van der Waals surface area (Å²) in [6.07, 6.45) is 4.67. The molecule has 0 atom stereocenters. The molecule has 0 saturated carbocycles. The summed E-state index contributed by atoms with van der Waals surface area (Å²) < 4.78 is 18.9. The van der Waals surface area contributed by atoms with Gasteiger partial charge in [-0.15, -0.1) is 0 Å². The van der Waals surface area contributed by atoms with E-state index in [1.54, 1.807) is 12.1 Å². The van der Waals surface area contributed by atoms with Crippen molar-refractivity contribution in [3.05, 3.63) is 59.9 Å². The largest absolute Gasteiger partial charge is 0.381 e. The summed E-state index contributed by atoms with van der Waals surface area (Å²) in [6, 6.07) is 14.8. The van der Waals surface area contributed by atoms with Gasteiger partial charge in [0.05, 0.1) is 5.41 Å². The zero-order valence-electron chi connectivity index (χ0n) is 19.1. The molecule has 2 heterocycles. The molecule has 1 amide bonds. The number of hydrogen-bond donors (Lipinski definition) is 1. The number of benzene rings is 2. The Balaban J connectivity index is 1.42. The highest BCUT2D eigenvalue weighted by Gasteiger charge is 2.40. The van der Waals surface area contributed by atoms with Crippen LogP contribution in [-0.4, -0.2) is 50.2 Å². The maximum atomic E-state index is 13.4. The van der Waals surface area contributed by atoms with Gasteiger partial charge < -0.3 is 15.0 Å². The van der Waals surface area contributed by atoms with Crippen LogP contribution in [0.4, 0.5) is 4.39 Å². The molecule has 2 aromatic rings. The number of likely N-dealkylation sites (tertiary alicyclic amines) is 1. The van der Waals surface area contributed by atoms with Crippen LogP contribution in [0.5, 0.6) is 0 Å². The van der Waals surface area contributed by atoms with Gasteiger partial charge in [-0.05, 0) is 79.9 Å². The molecule has 0 radical (unpaired) electrons. The molecule has 0 spiro atoms. The maximum absolute atomic E-state index is 13.4. The molecule has 0 unspecified atom stereocenters. The third-order valence-electron chi connectivity index (χ3n) is 7.17. The molecule has 2 saturated heterocycles. The molecule has 2 aliphatic heterocycles. The maximum Gasteiger partial charge on any atom is 0.226 e. The Kier molecular flexibility index (Phi) is 7.59. The monoisotopic (exact) mass is 438 g/mol. The summed E-state index contributed by atoms with van der Waals surface area (Å²) in [7, 11) is 0. The second-order valence-electron chi connectivity index (χ2n) is 9.56. The topological polar surface area (TPSA) is 41.6 Å². The van der Waals surface area contributed by atoms with Gasteiger partial charge in [0.15, 0.2) is 0 Å². The van der Waals surface area contributed by atoms with Crippen LogP contribution < -0.4 is 5.32 Å². The predicted octanol–water partition coefficient (Wildman–Crippen LogP) is 4.68. The van der Waals surface area contributed by atoms with Crippen LogP contribution >= 0.6 is 0 Å². The van der Waals surface area contributed by atoms with E-state index in [4.69, 9.17) is 4.74 Å². The smallest absolute Gasteiger partial charge is 0.226 e. The minimum atomic E-state index is -0.434. The van der Waals surface area contributed by atoms with Crippen molar-refractivity contribution in [3.63, 3.8) is 0 Å². The summed E-state index contributed by atoms with van der Waals surface area (Å²) in [4.78, 5) is 15.8. The van der Waals surface area contributed by atoms with Gasteiger partial charge >= 0.3 is 0 Å². The fraction of sp³-hybridized carbons (Fsp3) is 0.519. The molecule has 0 bridgehead atoms. The fourth-order valence-corrected chi connectivity index (χ4v) is 4.94. The number of nitrogens with one attached hydrogen (secondary N) is 1. The van der Waals surface area contributed by atoms with Gasteiger partial charge in [0.2, 0.25) is 5.91 Å². The fourth-order valence-electron chi connectivity index (χ4n) is 4.94. The molecule has 0 aliphatic carbocycles. The van der Waals surface area contributed by atoms with Crippen molar-refractivity contribution in [2.24, 2.45) is 11.3 Å². The molecular weight excluding hydrogens is 403 g/mol. The predicted molar refractivity (Wildman–Crippen MR) is 126 cm³/mol. The standard InChI is InChI=1S/C27H35FN2O2/c1-21-9-14-30(15-10-21)16-13-29-26(31)27(11-17-32-18-12-27)20-22-3-2-4-24(19-22)23-5-7-25(28)8-6-23/h2-8,19,21H,9-18,20H2,1H3,(H,29,31). The van der Waals surface area contributed by atoms with Crippen LogP contribution in [0.15, 0.2) is 48.5 Å². The SMILES string of the molecule is CC1CCN(CCNC(=O)C2(Cc3cccc(-c4ccc(F)cc4)c3)CCOCC2)CC1. The normalized spacial score (nSPS) is 19.6. The van der Waals surface area contributed by atoms with E-state index >= 15 is 0 Å². The Bertz CT molecular complexity index is 885. The van der Waals surface area contributed by atoms with E-state index in [1.165, 1.54) is 25.0 Å². The van der Waals surface area contributed by atoms with E-state index in [-0.39, 0.29) is 11.7 Å². The van der Waals surface area contributed by atoms with Crippen LogP contribution in [-0.2, 0) is 16.0 Å². The van der Waals surface area contributed by atoms with Gasteiger partial charge in [0.25, 0.3) is 0 Å². The van der Waals surface area contributed by atoms with Crippen LogP contribution in [0, 0.1) is 17.2 Å². The van der Waals surface area contributed by atoms with Gasteiger partial charge in [0, 0.05) is 26.3 Å². The lowest BCUT2D eigenvalue weighted by atomic mass is 9.74. The Morgan fingerprint density at radius 2 is 1.81 bits per heavy atom. The van der Waals surface area contributed by atoms with Gasteiger partial charge in [0.1, 0.15) is 5.82 Å². The Morgan fingerprint density at radius 3 is 2.53 bits per heavy atom. The van der Waals surface area contributed by atoms with Crippen LogP contribution in [0.1, 0.15) is 38.2 Å². The Morgan fingerprint density at radius 1 is 1.09 bits per heavy atom. The molecule has 2 aromatic carbocycles. The number of carbonyl (C=O) groups excluding carboxylic acids is 1. The quantitative estimate of drug-likeness (QED) is 0.683. The molecule has 172 valence electrons. The van der Waals surface area contributed by atoms with Crippen LogP contribution in [0.2, 0.25) is 0 Å². The second kappa shape index (κ2) is 10.6. The molecule has 32 heavy (non-hydrogen) atoms. The lowest BCUT2D eigenvalue weighted by molar-refractivity contribution is -0.136. The average molecular weight is 439 g/mol. The lowest BCUT2D eigenvalue weighted by Gasteiger charge is -2.36. The highest BCUT2D eigenvalue weighted by Crippen LogP contribution is 2.35. The van der Waals surface area contributed by atoms with E-state index in [9.17, 15) is 9.18 Å². The third kappa shape index (κ3) is 5.76. The number of rotatable bonds is 7. The van der Waals surface area contributed by atoms with Gasteiger partial charge in [-0.1, -0.05) is 43.3 Å². The van der Waals surface area contributed by atoms with Crippen molar-refractivity contribution in [1.82, 2.24) is 10.2 Å². The highest BCUT2D eigenvalue weighted by atomic mass is 19.1. The first kappa shape index (κ1) is 22.9. The van der Waals surface area contributed by atoms with Crippen molar-refractivity contribution < 1.29 is 13.9 Å². The Hall–Kier alpha value is -2.24. The summed E-state index contributed by atoms with van der Waals surface area (Å²) >= 11 is 0. The van der Waals surface area contributed by atoms with Crippen LogP contribution in [0.25, 0.3) is 11.1 Å². The lowest BCUT2D eigenvalue weighted by Crippen LogP contribution is -2.48. The first-order valence-corrected chi connectivity index (χ1v) is 12.0. The van der Waals surface area contributed by atoms with E-state index in [0.717, 1.165) is 55.1 Å². The van der Waals surface area contributed by atoms with Crippen molar-refractivity contribution >= 4 is 5.91 Å². The summed E-state index contributed by atoms with van der Waals surface area (Å²) in [5.41, 5.74) is 2.73. The zero-order valence-corrected chi connectivity index (χ0v) is 19.1. The second-order valence-corrected chi connectivity index (χ2v) is 9.56. The molecule has 5 heteroatoms. The van der Waals surface area contributed by atoms with Gasteiger partial charge in [-0.2, -0.15) is 0 Å². The molecule has 4 nitrogen and oxygen atoms in total. The summed E-state index contributed by atoms with van der Waals surface area (Å²) in [5, 5.41) is 3.25. The summed E-state index contributed by atoms with van der Waals surface area (Å²) in [6.45, 7) is 7.44. The number of nitrogens with zero attached hydrogens (tertiary/aromatic N) is 1. The van der Waals surface area contributed by atoms with Crippen LogP contribution in [0.3, 0.4) is 0 Å². The third-order valence-corrected chi connectivity index (χ3v) is 7.17. The minimum absolute atomic E-state index is 0.151. The van der Waals surface area contributed by atoms with Crippen molar-refractivity contribution in [2.75, 3.05) is 39.4 Å². The van der Waals surface area contributed by atoms with Gasteiger partial charge in [-0.25, -0.2) is 4.39 Å². The number of halogens is 1. The Labute approximate surface area is 191 Å². The number of amides is 1. The number of carbonyl (C=O) groups is 1.